The Morgan fingerprint density at radius 2 is 0.816 bits per heavy atom. The summed E-state index contributed by atoms with van der Waals surface area (Å²) >= 11 is 0. The van der Waals surface area contributed by atoms with Crippen LogP contribution in [0.2, 0.25) is 0 Å². The summed E-state index contributed by atoms with van der Waals surface area (Å²) in [4.78, 5) is 0. The van der Waals surface area contributed by atoms with Gasteiger partial charge in [0.05, 0.1) is 14.2 Å². The van der Waals surface area contributed by atoms with Gasteiger partial charge in [-0.1, -0.05) is 109 Å². The molecule has 0 unspecified atom stereocenters. The van der Waals surface area contributed by atoms with Gasteiger partial charge in [0, 0.05) is 24.0 Å². The van der Waals surface area contributed by atoms with Crippen molar-refractivity contribution in [2.24, 2.45) is 0 Å². The van der Waals surface area contributed by atoms with Crippen LogP contribution in [0.3, 0.4) is 0 Å². The Morgan fingerprint density at radius 1 is 0.447 bits per heavy atom. The van der Waals surface area contributed by atoms with Crippen LogP contribution in [-0.4, -0.2) is 14.2 Å². The van der Waals surface area contributed by atoms with E-state index in [1.54, 1.807) is 14.2 Å². The van der Waals surface area contributed by atoms with Crippen molar-refractivity contribution in [2.45, 2.75) is 12.8 Å². The van der Waals surface area contributed by atoms with E-state index < -0.39 is 0 Å². The Morgan fingerprint density at radius 3 is 1.21 bits per heavy atom. The van der Waals surface area contributed by atoms with Gasteiger partial charge in [0.1, 0.15) is 11.5 Å². The average molecular weight is 495 g/mol. The lowest BCUT2D eigenvalue weighted by molar-refractivity contribution is 0.407. The number of methoxy groups -OCH3 is 2. The van der Waals surface area contributed by atoms with E-state index in [2.05, 4.69) is 121 Å². The lowest BCUT2D eigenvalue weighted by Crippen LogP contribution is -2.02. The molecule has 186 valence electrons. The lowest BCUT2D eigenvalue weighted by Gasteiger charge is -2.22. The summed E-state index contributed by atoms with van der Waals surface area (Å²) < 4.78 is 12.5. The maximum absolute atomic E-state index is 6.26. The Bertz CT molecular complexity index is 1590. The fraction of sp³-hybridized carbons (Fsp3) is 0.111. The van der Waals surface area contributed by atoms with Crippen molar-refractivity contribution in [2.75, 3.05) is 14.2 Å². The number of rotatable bonds is 7. The third-order valence-electron chi connectivity index (χ3n) is 7.29. The van der Waals surface area contributed by atoms with Crippen LogP contribution in [0, 0.1) is 0 Å². The quantitative estimate of drug-likeness (QED) is 0.221. The highest BCUT2D eigenvalue weighted by Crippen LogP contribution is 2.49. The fourth-order valence-electron chi connectivity index (χ4n) is 5.63. The van der Waals surface area contributed by atoms with Crippen LogP contribution in [0.4, 0.5) is 0 Å². The number of benzene rings is 6. The first-order valence-corrected chi connectivity index (χ1v) is 13.0. The maximum Gasteiger partial charge on any atom is 0.131 e. The average Bonchev–Trinajstić information content (AvgIpc) is 2.97. The zero-order valence-corrected chi connectivity index (χ0v) is 21.8. The zero-order chi connectivity index (χ0) is 25.9. The van der Waals surface area contributed by atoms with Gasteiger partial charge in [-0.3, -0.25) is 0 Å². The predicted octanol–water partition coefficient (Wildman–Crippen LogP) is 8.86. The maximum atomic E-state index is 6.26. The van der Waals surface area contributed by atoms with Gasteiger partial charge in [0.15, 0.2) is 0 Å². The molecule has 0 bridgehead atoms. The smallest absolute Gasteiger partial charge is 0.131 e. The highest BCUT2D eigenvalue weighted by molar-refractivity contribution is 6.11. The van der Waals surface area contributed by atoms with E-state index in [1.807, 2.05) is 0 Å². The van der Waals surface area contributed by atoms with E-state index in [9.17, 15) is 0 Å². The lowest BCUT2D eigenvalue weighted by atomic mass is 9.86. The molecule has 0 atom stereocenters. The molecule has 2 nitrogen and oxygen atoms in total. The molecule has 0 fully saturated rings. The van der Waals surface area contributed by atoms with Crippen LogP contribution in [0.5, 0.6) is 11.5 Å². The van der Waals surface area contributed by atoms with Crippen LogP contribution >= 0.6 is 0 Å². The van der Waals surface area contributed by atoms with Crippen LogP contribution in [0.1, 0.15) is 22.3 Å². The standard InChI is InChI=1S/C36H30O2/c1-37-35-29(21-25-13-5-3-6-14-25)23-27-17-9-11-19-31(27)33(35)34-32-20-12-10-18-28(32)24-30(36(34)38-2)22-26-15-7-4-8-16-26/h3-20,23-24H,21-22H2,1-2H3. The first-order chi connectivity index (χ1) is 18.8. The summed E-state index contributed by atoms with van der Waals surface area (Å²) in [6.45, 7) is 0. The number of fused-ring (bicyclic) bond motifs is 2. The summed E-state index contributed by atoms with van der Waals surface area (Å²) in [5.74, 6) is 1.79. The van der Waals surface area contributed by atoms with E-state index in [-0.39, 0.29) is 0 Å². The summed E-state index contributed by atoms with van der Waals surface area (Å²) in [7, 11) is 3.56. The molecule has 0 aliphatic heterocycles. The van der Waals surface area contributed by atoms with Gasteiger partial charge in [0.25, 0.3) is 0 Å². The van der Waals surface area contributed by atoms with Gasteiger partial charge in [0.2, 0.25) is 0 Å². The molecule has 6 aromatic rings. The van der Waals surface area contributed by atoms with Crippen molar-refractivity contribution in [3.63, 3.8) is 0 Å². The van der Waals surface area contributed by atoms with Crippen LogP contribution in [0.25, 0.3) is 32.7 Å². The highest BCUT2D eigenvalue weighted by atomic mass is 16.5. The largest absolute Gasteiger partial charge is 0.496 e. The molecule has 0 N–H and O–H groups in total. The molecule has 0 saturated heterocycles. The Balaban J connectivity index is 1.69. The molecule has 38 heavy (non-hydrogen) atoms. The summed E-state index contributed by atoms with van der Waals surface area (Å²) in [6, 6.07) is 42.9. The predicted molar refractivity (Wildman–Crippen MR) is 158 cm³/mol. The molecule has 0 aromatic heterocycles. The van der Waals surface area contributed by atoms with Gasteiger partial charge < -0.3 is 9.47 Å². The van der Waals surface area contributed by atoms with Gasteiger partial charge >= 0.3 is 0 Å². The monoisotopic (exact) mass is 494 g/mol. The number of hydrogen-bond donors (Lipinski definition) is 0. The second-order valence-electron chi connectivity index (χ2n) is 9.65. The Kier molecular flexibility index (Phi) is 6.54. The topological polar surface area (TPSA) is 18.5 Å². The molecule has 0 aliphatic rings. The molecule has 0 spiro atoms. The second kappa shape index (κ2) is 10.4. The molecule has 6 rings (SSSR count). The van der Waals surface area contributed by atoms with Gasteiger partial charge in [-0.15, -0.1) is 0 Å². The van der Waals surface area contributed by atoms with E-state index >= 15 is 0 Å². The zero-order valence-electron chi connectivity index (χ0n) is 21.8. The highest BCUT2D eigenvalue weighted by Gasteiger charge is 2.23. The van der Waals surface area contributed by atoms with Gasteiger partial charge in [-0.25, -0.2) is 0 Å². The first kappa shape index (κ1) is 23.8. The number of hydrogen-bond acceptors (Lipinski definition) is 2. The first-order valence-electron chi connectivity index (χ1n) is 13.0. The summed E-state index contributed by atoms with van der Waals surface area (Å²) in [6.07, 6.45) is 1.57. The van der Waals surface area contributed by atoms with E-state index in [0.29, 0.717) is 0 Å². The van der Waals surface area contributed by atoms with Crippen molar-refractivity contribution in [1.29, 1.82) is 0 Å². The van der Waals surface area contributed by atoms with E-state index in [4.69, 9.17) is 9.47 Å². The molecule has 0 heterocycles. The molecular weight excluding hydrogens is 464 g/mol. The van der Waals surface area contributed by atoms with Crippen molar-refractivity contribution < 1.29 is 9.47 Å². The minimum absolute atomic E-state index is 0.784. The third kappa shape index (κ3) is 4.39. The molecule has 0 amide bonds. The van der Waals surface area contributed by atoms with Crippen LogP contribution < -0.4 is 9.47 Å². The van der Waals surface area contributed by atoms with Crippen molar-refractivity contribution in [3.8, 4) is 22.6 Å². The van der Waals surface area contributed by atoms with Gasteiger partial charge in [-0.05, 0) is 55.9 Å². The fourth-order valence-corrected chi connectivity index (χ4v) is 5.63. The minimum Gasteiger partial charge on any atom is -0.496 e. The Labute approximate surface area is 224 Å². The molecule has 0 aliphatic carbocycles. The molecular formula is C36H30O2. The third-order valence-corrected chi connectivity index (χ3v) is 7.29. The molecule has 2 heteroatoms. The molecule has 6 aromatic carbocycles. The molecule has 0 saturated carbocycles. The van der Waals surface area contributed by atoms with Crippen molar-refractivity contribution in [1.82, 2.24) is 0 Å². The van der Waals surface area contributed by atoms with Crippen molar-refractivity contribution in [3.05, 3.63) is 144 Å². The van der Waals surface area contributed by atoms with E-state index in [1.165, 1.54) is 21.9 Å². The van der Waals surface area contributed by atoms with Crippen LogP contribution in [0.15, 0.2) is 121 Å². The second-order valence-corrected chi connectivity index (χ2v) is 9.65. The van der Waals surface area contributed by atoms with E-state index in [0.717, 1.165) is 57.4 Å². The summed E-state index contributed by atoms with van der Waals surface area (Å²) in [5.41, 5.74) is 6.99. The minimum atomic E-state index is 0.784. The normalized spacial score (nSPS) is 11.1. The SMILES string of the molecule is COc1c(Cc2ccccc2)cc2ccccc2c1-c1c(OC)c(Cc2ccccc2)cc2ccccc12. The van der Waals surface area contributed by atoms with Gasteiger partial charge in [-0.2, -0.15) is 0 Å². The Hall–Kier alpha value is -4.56. The van der Waals surface area contributed by atoms with Crippen molar-refractivity contribution >= 4 is 21.5 Å². The number of ether oxygens (including phenoxy) is 2. The summed E-state index contributed by atoms with van der Waals surface area (Å²) in [5, 5.41) is 4.69. The molecule has 0 radical (unpaired) electrons. The van der Waals surface area contributed by atoms with Crippen LogP contribution in [-0.2, 0) is 12.8 Å².